The fourth-order valence-electron chi connectivity index (χ4n) is 2.64. The third kappa shape index (κ3) is 6.11. The molecule has 0 aliphatic rings. The summed E-state index contributed by atoms with van der Waals surface area (Å²) in [4.78, 5) is 27.1. The number of rotatable bonds is 10. The first-order chi connectivity index (χ1) is 12.1. The van der Waals surface area contributed by atoms with E-state index in [1.807, 2.05) is 23.6 Å². The van der Waals surface area contributed by atoms with Crippen LogP contribution in [0.1, 0.15) is 47.5 Å². The van der Waals surface area contributed by atoms with Crippen molar-refractivity contribution in [1.29, 1.82) is 0 Å². The topological polar surface area (TPSA) is 49.4 Å². The first kappa shape index (κ1) is 19.3. The van der Waals surface area contributed by atoms with Gasteiger partial charge in [0.15, 0.2) is 5.78 Å². The van der Waals surface area contributed by atoms with Crippen molar-refractivity contribution in [2.75, 3.05) is 13.1 Å². The molecule has 0 aliphatic carbocycles. The molecule has 0 unspecified atom stereocenters. The van der Waals surface area contributed by atoms with E-state index in [0.717, 1.165) is 30.1 Å². The van der Waals surface area contributed by atoms with Gasteiger partial charge in [-0.15, -0.1) is 11.3 Å². The van der Waals surface area contributed by atoms with E-state index in [2.05, 4.69) is 36.2 Å². The molecule has 0 aliphatic heterocycles. The number of amides is 1. The maximum absolute atomic E-state index is 12.1. The van der Waals surface area contributed by atoms with E-state index >= 15 is 0 Å². The SMILES string of the molecule is CCN(CC)Cc1ccccc1CNC(=O)CCC(=O)c1cccs1. The molecule has 2 rings (SSSR count). The minimum atomic E-state index is -0.0810. The van der Waals surface area contributed by atoms with Gasteiger partial charge in [-0.05, 0) is 35.7 Å². The van der Waals surface area contributed by atoms with Gasteiger partial charge in [0.2, 0.25) is 5.91 Å². The van der Waals surface area contributed by atoms with Crippen LogP contribution in [0.25, 0.3) is 0 Å². The highest BCUT2D eigenvalue weighted by Crippen LogP contribution is 2.13. The summed E-state index contributed by atoms with van der Waals surface area (Å²) in [6, 6.07) is 11.8. The summed E-state index contributed by atoms with van der Waals surface area (Å²) in [7, 11) is 0. The lowest BCUT2D eigenvalue weighted by Gasteiger charge is -2.20. The summed E-state index contributed by atoms with van der Waals surface area (Å²) in [5.74, 6) is -0.0466. The maximum Gasteiger partial charge on any atom is 0.220 e. The summed E-state index contributed by atoms with van der Waals surface area (Å²) in [5, 5.41) is 4.82. The normalized spacial score (nSPS) is 10.8. The zero-order valence-corrected chi connectivity index (χ0v) is 15.8. The Labute approximate surface area is 153 Å². The predicted octanol–water partition coefficient (Wildman–Crippen LogP) is 3.87. The van der Waals surface area contributed by atoms with E-state index in [1.54, 1.807) is 6.07 Å². The van der Waals surface area contributed by atoms with Crippen molar-refractivity contribution in [1.82, 2.24) is 10.2 Å². The molecule has 0 radical (unpaired) electrons. The molecule has 0 saturated heterocycles. The van der Waals surface area contributed by atoms with Crippen LogP contribution in [0.3, 0.4) is 0 Å². The lowest BCUT2D eigenvalue weighted by molar-refractivity contribution is -0.121. The Morgan fingerprint density at radius 3 is 2.36 bits per heavy atom. The van der Waals surface area contributed by atoms with Gasteiger partial charge in [-0.3, -0.25) is 14.5 Å². The molecule has 2 aromatic rings. The van der Waals surface area contributed by atoms with Crippen LogP contribution < -0.4 is 5.32 Å². The number of hydrogen-bond acceptors (Lipinski definition) is 4. The Hall–Kier alpha value is -1.98. The van der Waals surface area contributed by atoms with E-state index in [9.17, 15) is 9.59 Å². The lowest BCUT2D eigenvalue weighted by atomic mass is 10.1. The second-order valence-corrected chi connectivity index (χ2v) is 6.86. The van der Waals surface area contributed by atoms with Crippen molar-refractivity contribution < 1.29 is 9.59 Å². The maximum atomic E-state index is 12.1. The van der Waals surface area contributed by atoms with Gasteiger partial charge in [0.25, 0.3) is 0 Å². The molecule has 0 saturated carbocycles. The first-order valence-electron chi connectivity index (χ1n) is 8.76. The quantitative estimate of drug-likeness (QED) is 0.656. The van der Waals surface area contributed by atoms with Crippen LogP contribution in [0.2, 0.25) is 0 Å². The van der Waals surface area contributed by atoms with Gasteiger partial charge >= 0.3 is 0 Å². The number of nitrogens with zero attached hydrogens (tertiary/aromatic N) is 1. The van der Waals surface area contributed by atoms with E-state index in [4.69, 9.17) is 0 Å². The van der Waals surface area contributed by atoms with Gasteiger partial charge in [0.1, 0.15) is 0 Å². The Morgan fingerprint density at radius 2 is 1.72 bits per heavy atom. The predicted molar refractivity (Wildman–Crippen MR) is 103 cm³/mol. The molecular formula is C20H26N2O2S. The minimum absolute atomic E-state index is 0.0343. The summed E-state index contributed by atoms with van der Waals surface area (Å²) in [6.07, 6.45) is 0.488. The van der Waals surface area contributed by atoms with Gasteiger partial charge in [-0.25, -0.2) is 0 Å². The lowest BCUT2D eigenvalue weighted by Crippen LogP contribution is -2.26. The third-order valence-corrected chi connectivity index (χ3v) is 5.17. The average Bonchev–Trinajstić information content (AvgIpc) is 3.18. The highest BCUT2D eigenvalue weighted by atomic mass is 32.1. The van der Waals surface area contributed by atoms with Gasteiger partial charge < -0.3 is 5.32 Å². The largest absolute Gasteiger partial charge is 0.352 e. The Balaban J connectivity index is 1.84. The van der Waals surface area contributed by atoms with Crippen LogP contribution in [0, 0.1) is 0 Å². The standard InChI is InChI=1S/C20H26N2O2S/c1-3-22(4-2)15-17-9-6-5-8-16(17)14-21-20(24)12-11-18(23)19-10-7-13-25-19/h5-10,13H,3-4,11-12,14-15H2,1-2H3,(H,21,24). The number of hydrogen-bond donors (Lipinski definition) is 1. The van der Waals surface area contributed by atoms with E-state index in [-0.39, 0.29) is 24.5 Å². The van der Waals surface area contributed by atoms with E-state index in [0.29, 0.717) is 6.54 Å². The summed E-state index contributed by atoms with van der Waals surface area (Å²) in [5.41, 5.74) is 2.37. The molecule has 0 spiro atoms. The summed E-state index contributed by atoms with van der Waals surface area (Å²) < 4.78 is 0. The minimum Gasteiger partial charge on any atom is -0.352 e. The fourth-order valence-corrected chi connectivity index (χ4v) is 3.34. The number of Topliss-reactive ketones (excluding diaryl/α,β-unsaturated/α-hetero) is 1. The van der Waals surface area contributed by atoms with Crippen molar-refractivity contribution in [3.63, 3.8) is 0 Å². The molecule has 1 aromatic heterocycles. The number of thiophene rings is 1. The van der Waals surface area contributed by atoms with Crippen LogP contribution in [0.5, 0.6) is 0 Å². The molecule has 5 heteroatoms. The Morgan fingerprint density at radius 1 is 1.00 bits per heavy atom. The van der Waals surface area contributed by atoms with Gasteiger partial charge in [-0.2, -0.15) is 0 Å². The molecule has 1 heterocycles. The molecule has 1 amide bonds. The summed E-state index contributed by atoms with van der Waals surface area (Å²) in [6.45, 7) is 7.69. The van der Waals surface area contributed by atoms with E-state index < -0.39 is 0 Å². The monoisotopic (exact) mass is 358 g/mol. The highest BCUT2D eigenvalue weighted by Gasteiger charge is 2.11. The first-order valence-corrected chi connectivity index (χ1v) is 9.64. The molecule has 1 aromatic carbocycles. The second kappa shape index (κ2) is 10.1. The van der Waals surface area contributed by atoms with Gasteiger partial charge in [0, 0.05) is 25.9 Å². The van der Waals surface area contributed by atoms with Crippen LogP contribution in [-0.2, 0) is 17.9 Å². The number of benzene rings is 1. The molecule has 0 bridgehead atoms. The molecule has 0 fully saturated rings. The van der Waals surface area contributed by atoms with Crippen molar-refractivity contribution in [3.05, 3.63) is 57.8 Å². The van der Waals surface area contributed by atoms with Crippen LogP contribution in [0.4, 0.5) is 0 Å². The van der Waals surface area contributed by atoms with Crippen molar-refractivity contribution in [2.24, 2.45) is 0 Å². The van der Waals surface area contributed by atoms with Gasteiger partial charge in [-0.1, -0.05) is 44.2 Å². The van der Waals surface area contributed by atoms with Crippen LogP contribution in [0.15, 0.2) is 41.8 Å². The smallest absolute Gasteiger partial charge is 0.220 e. The number of ketones is 1. The van der Waals surface area contributed by atoms with Gasteiger partial charge in [0.05, 0.1) is 4.88 Å². The molecule has 25 heavy (non-hydrogen) atoms. The molecule has 1 N–H and O–H groups in total. The van der Waals surface area contributed by atoms with Crippen molar-refractivity contribution in [2.45, 2.75) is 39.8 Å². The molecular weight excluding hydrogens is 332 g/mol. The highest BCUT2D eigenvalue weighted by molar-refractivity contribution is 7.12. The summed E-state index contributed by atoms with van der Waals surface area (Å²) >= 11 is 1.42. The van der Waals surface area contributed by atoms with Crippen molar-refractivity contribution >= 4 is 23.0 Å². The third-order valence-electron chi connectivity index (χ3n) is 4.26. The van der Waals surface area contributed by atoms with Crippen molar-refractivity contribution in [3.8, 4) is 0 Å². The molecule has 0 atom stereocenters. The number of nitrogens with one attached hydrogen (secondary N) is 1. The zero-order valence-electron chi connectivity index (χ0n) is 15.0. The van der Waals surface area contributed by atoms with Crippen LogP contribution >= 0.6 is 11.3 Å². The Kier molecular flexibility index (Phi) is 7.82. The Bertz CT molecular complexity index is 679. The average molecular weight is 359 g/mol. The van der Waals surface area contributed by atoms with E-state index in [1.165, 1.54) is 16.9 Å². The fraction of sp³-hybridized carbons (Fsp3) is 0.400. The zero-order chi connectivity index (χ0) is 18.1. The number of carbonyl (C=O) groups excluding carboxylic acids is 2. The molecule has 4 nitrogen and oxygen atoms in total. The number of carbonyl (C=O) groups is 2. The van der Waals surface area contributed by atoms with Crippen LogP contribution in [-0.4, -0.2) is 29.7 Å². The second-order valence-electron chi connectivity index (χ2n) is 5.91. The molecule has 134 valence electrons.